The molecular formula is C9H13ClN2OS. The van der Waals surface area contributed by atoms with Crippen molar-refractivity contribution in [1.82, 2.24) is 4.98 Å². The second kappa shape index (κ2) is 4.47. The van der Waals surface area contributed by atoms with Gasteiger partial charge in [0.15, 0.2) is 5.13 Å². The molecule has 2 rings (SSSR count). The van der Waals surface area contributed by atoms with Crippen LogP contribution in [0, 0.1) is 0 Å². The molecule has 2 heterocycles. The van der Waals surface area contributed by atoms with Crippen LogP contribution in [0.15, 0.2) is 11.6 Å². The van der Waals surface area contributed by atoms with Crippen LogP contribution in [0.1, 0.15) is 12.8 Å². The van der Waals surface area contributed by atoms with Crippen molar-refractivity contribution in [2.45, 2.75) is 18.4 Å². The van der Waals surface area contributed by atoms with Crippen molar-refractivity contribution in [3.8, 4) is 0 Å². The van der Waals surface area contributed by atoms with Crippen molar-refractivity contribution >= 4 is 28.1 Å². The Bertz CT molecular complexity index is 272. The third-order valence-corrected chi connectivity index (χ3v) is 3.71. The van der Waals surface area contributed by atoms with E-state index in [1.54, 1.807) is 17.5 Å². The van der Waals surface area contributed by atoms with Crippen molar-refractivity contribution in [3.05, 3.63) is 11.6 Å². The number of halogens is 1. The monoisotopic (exact) mass is 232 g/mol. The SMILES string of the molecule is ClCC1(Nc2nccs2)CCOCC1. The van der Waals surface area contributed by atoms with E-state index < -0.39 is 0 Å². The fourth-order valence-corrected chi connectivity index (χ4v) is 2.55. The largest absolute Gasteiger partial charge is 0.381 e. The summed E-state index contributed by atoms with van der Waals surface area (Å²) in [6, 6.07) is 0. The van der Waals surface area contributed by atoms with Gasteiger partial charge in [-0.1, -0.05) is 0 Å². The number of hydrogen-bond donors (Lipinski definition) is 1. The Kier molecular flexibility index (Phi) is 3.26. The van der Waals surface area contributed by atoms with Gasteiger partial charge in [-0.3, -0.25) is 0 Å². The Morgan fingerprint density at radius 1 is 1.57 bits per heavy atom. The standard InChI is InChI=1S/C9H13ClN2OS/c10-7-9(1-4-13-5-2-9)12-8-11-3-6-14-8/h3,6H,1-2,4-5,7H2,(H,11,12). The highest BCUT2D eigenvalue weighted by molar-refractivity contribution is 7.13. The Morgan fingerprint density at radius 2 is 2.36 bits per heavy atom. The summed E-state index contributed by atoms with van der Waals surface area (Å²) in [5.74, 6) is 0.607. The Hall–Kier alpha value is -0.320. The fourth-order valence-electron chi connectivity index (χ4n) is 1.57. The molecule has 5 heteroatoms. The molecule has 1 aliphatic rings. The van der Waals surface area contributed by atoms with Crippen LogP contribution < -0.4 is 5.32 Å². The van der Waals surface area contributed by atoms with Crippen molar-refractivity contribution in [2.24, 2.45) is 0 Å². The number of rotatable bonds is 3. The van der Waals surface area contributed by atoms with Crippen LogP contribution in [-0.4, -0.2) is 29.6 Å². The molecule has 1 saturated heterocycles. The van der Waals surface area contributed by atoms with E-state index in [1.807, 2.05) is 5.38 Å². The highest BCUT2D eigenvalue weighted by atomic mass is 35.5. The number of nitrogens with one attached hydrogen (secondary N) is 1. The van der Waals surface area contributed by atoms with E-state index in [4.69, 9.17) is 16.3 Å². The lowest BCUT2D eigenvalue weighted by molar-refractivity contribution is 0.0668. The van der Waals surface area contributed by atoms with E-state index in [9.17, 15) is 0 Å². The lowest BCUT2D eigenvalue weighted by Gasteiger charge is -2.36. The normalized spacial score (nSPS) is 20.6. The van der Waals surface area contributed by atoms with E-state index in [1.165, 1.54) is 0 Å². The van der Waals surface area contributed by atoms with Gasteiger partial charge in [0, 0.05) is 30.7 Å². The summed E-state index contributed by atoms with van der Waals surface area (Å²) < 4.78 is 5.33. The van der Waals surface area contributed by atoms with Gasteiger partial charge in [0.1, 0.15) is 0 Å². The van der Waals surface area contributed by atoms with Crippen molar-refractivity contribution in [2.75, 3.05) is 24.4 Å². The van der Waals surface area contributed by atoms with E-state index in [2.05, 4.69) is 10.3 Å². The first-order valence-electron chi connectivity index (χ1n) is 4.66. The summed E-state index contributed by atoms with van der Waals surface area (Å²) in [5, 5.41) is 6.33. The zero-order valence-electron chi connectivity index (χ0n) is 7.83. The second-order valence-electron chi connectivity index (χ2n) is 3.49. The summed E-state index contributed by atoms with van der Waals surface area (Å²) in [5.41, 5.74) is -0.0162. The molecule has 0 spiro atoms. The van der Waals surface area contributed by atoms with Crippen LogP contribution in [0.3, 0.4) is 0 Å². The van der Waals surface area contributed by atoms with Crippen molar-refractivity contribution in [1.29, 1.82) is 0 Å². The van der Waals surface area contributed by atoms with Crippen LogP contribution in [0.2, 0.25) is 0 Å². The summed E-state index contributed by atoms with van der Waals surface area (Å²) >= 11 is 7.62. The molecule has 0 saturated carbocycles. The maximum Gasteiger partial charge on any atom is 0.183 e. The van der Waals surface area contributed by atoms with Gasteiger partial charge in [-0.25, -0.2) is 4.98 Å². The van der Waals surface area contributed by atoms with Gasteiger partial charge < -0.3 is 10.1 Å². The molecule has 3 nitrogen and oxygen atoms in total. The van der Waals surface area contributed by atoms with E-state index in [-0.39, 0.29) is 5.54 Å². The van der Waals surface area contributed by atoms with Gasteiger partial charge >= 0.3 is 0 Å². The van der Waals surface area contributed by atoms with Gasteiger partial charge in [-0.05, 0) is 12.8 Å². The summed E-state index contributed by atoms with van der Waals surface area (Å²) in [6.07, 6.45) is 3.71. The molecule has 78 valence electrons. The quantitative estimate of drug-likeness (QED) is 0.813. The van der Waals surface area contributed by atoms with Crippen LogP contribution in [0.25, 0.3) is 0 Å². The van der Waals surface area contributed by atoms with Crippen molar-refractivity contribution in [3.63, 3.8) is 0 Å². The topological polar surface area (TPSA) is 34.2 Å². The number of anilines is 1. The number of thiazole rings is 1. The molecule has 0 aliphatic carbocycles. The van der Waals surface area contributed by atoms with Gasteiger partial charge in [-0.15, -0.1) is 22.9 Å². The van der Waals surface area contributed by atoms with E-state index in [0.29, 0.717) is 5.88 Å². The molecule has 0 unspecified atom stereocenters. The van der Waals surface area contributed by atoms with Gasteiger partial charge in [-0.2, -0.15) is 0 Å². The first-order valence-corrected chi connectivity index (χ1v) is 6.07. The average Bonchev–Trinajstić information content (AvgIpc) is 2.72. The zero-order chi connectivity index (χ0) is 9.86. The van der Waals surface area contributed by atoms with Crippen LogP contribution in [0.4, 0.5) is 5.13 Å². The molecule has 1 aromatic heterocycles. The number of ether oxygens (including phenoxy) is 1. The third-order valence-electron chi connectivity index (χ3n) is 2.51. The predicted molar refractivity (Wildman–Crippen MR) is 59.2 cm³/mol. The van der Waals surface area contributed by atoms with E-state index >= 15 is 0 Å². The molecule has 1 aliphatic heterocycles. The maximum atomic E-state index is 6.01. The second-order valence-corrected chi connectivity index (χ2v) is 4.65. The van der Waals surface area contributed by atoms with Gasteiger partial charge in [0.05, 0.1) is 5.54 Å². The Morgan fingerprint density at radius 3 is 2.93 bits per heavy atom. The molecule has 1 fully saturated rings. The number of nitrogens with zero attached hydrogens (tertiary/aromatic N) is 1. The number of alkyl halides is 1. The molecule has 0 atom stereocenters. The van der Waals surface area contributed by atoms with Gasteiger partial charge in [0.25, 0.3) is 0 Å². The minimum Gasteiger partial charge on any atom is -0.381 e. The molecule has 0 aromatic carbocycles. The van der Waals surface area contributed by atoms with Crippen LogP contribution >= 0.6 is 22.9 Å². The molecule has 0 bridgehead atoms. The third kappa shape index (κ3) is 2.19. The zero-order valence-corrected chi connectivity index (χ0v) is 9.40. The fraction of sp³-hybridized carbons (Fsp3) is 0.667. The molecule has 14 heavy (non-hydrogen) atoms. The predicted octanol–water partition coefficient (Wildman–Crippen LogP) is 2.34. The molecule has 0 amide bonds. The number of hydrogen-bond acceptors (Lipinski definition) is 4. The smallest absolute Gasteiger partial charge is 0.183 e. The lowest BCUT2D eigenvalue weighted by atomic mass is 9.93. The maximum absolute atomic E-state index is 6.01. The highest BCUT2D eigenvalue weighted by Crippen LogP contribution is 2.27. The summed E-state index contributed by atoms with van der Waals surface area (Å²) in [6.45, 7) is 1.57. The minimum absolute atomic E-state index is 0.0162. The lowest BCUT2D eigenvalue weighted by Crippen LogP contribution is -2.45. The summed E-state index contributed by atoms with van der Waals surface area (Å²) in [7, 11) is 0. The van der Waals surface area contributed by atoms with Crippen molar-refractivity contribution < 1.29 is 4.74 Å². The van der Waals surface area contributed by atoms with Crippen LogP contribution in [-0.2, 0) is 4.74 Å². The van der Waals surface area contributed by atoms with E-state index in [0.717, 1.165) is 31.2 Å². The molecule has 1 N–H and O–H groups in total. The Balaban J connectivity index is 2.04. The first-order chi connectivity index (χ1) is 6.85. The highest BCUT2D eigenvalue weighted by Gasteiger charge is 2.32. The number of aromatic nitrogens is 1. The van der Waals surface area contributed by atoms with Crippen LogP contribution in [0.5, 0.6) is 0 Å². The summed E-state index contributed by atoms with van der Waals surface area (Å²) in [4.78, 5) is 4.21. The molecular weight excluding hydrogens is 220 g/mol. The Labute approximate surface area is 92.4 Å². The first kappa shape index (κ1) is 10.2. The van der Waals surface area contributed by atoms with Gasteiger partial charge in [0.2, 0.25) is 0 Å². The minimum atomic E-state index is -0.0162. The average molecular weight is 233 g/mol. The molecule has 0 radical (unpaired) electrons. The molecule has 1 aromatic rings.